The van der Waals surface area contributed by atoms with Crippen LogP contribution >= 0.6 is 11.8 Å². The van der Waals surface area contributed by atoms with Crippen LogP contribution in [0.4, 0.5) is 5.95 Å². The van der Waals surface area contributed by atoms with Gasteiger partial charge in [-0.3, -0.25) is 5.43 Å². The molecule has 0 spiro atoms. The van der Waals surface area contributed by atoms with Gasteiger partial charge in [-0.1, -0.05) is 0 Å². The van der Waals surface area contributed by atoms with Crippen LogP contribution in [0.5, 0.6) is 0 Å². The summed E-state index contributed by atoms with van der Waals surface area (Å²) in [6.45, 7) is 1.88. The van der Waals surface area contributed by atoms with E-state index in [-0.39, 0.29) is 0 Å². The number of rotatable bonds is 3. The quantitative estimate of drug-likeness (QED) is 0.452. The fraction of sp³-hybridized carbons (Fsp3) is 0.250. The molecule has 0 aliphatic carbocycles. The van der Waals surface area contributed by atoms with Gasteiger partial charge >= 0.3 is 0 Å². The Hall–Kier alpha value is -1.67. The first-order valence-corrected chi connectivity index (χ1v) is 5.35. The first kappa shape index (κ1) is 10.8. The van der Waals surface area contributed by atoms with E-state index in [4.69, 9.17) is 5.84 Å². The average Bonchev–Trinajstić information content (AvgIpc) is 2.63. The summed E-state index contributed by atoms with van der Waals surface area (Å²) in [6.07, 6.45) is 1.64. The topological polar surface area (TPSA) is 94.5 Å². The number of hydrogen-bond acceptors (Lipinski definition) is 7. The number of aryl methyl sites for hydroxylation is 2. The zero-order chi connectivity index (χ0) is 11.5. The molecule has 0 saturated carbocycles. The highest BCUT2D eigenvalue weighted by Gasteiger charge is 2.07. The molecule has 2 aromatic rings. The van der Waals surface area contributed by atoms with Crippen LogP contribution in [-0.2, 0) is 7.05 Å². The van der Waals surface area contributed by atoms with Crippen molar-refractivity contribution in [1.29, 1.82) is 0 Å². The van der Waals surface area contributed by atoms with E-state index < -0.39 is 0 Å². The monoisotopic (exact) mass is 237 g/mol. The van der Waals surface area contributed by atoms with Crippen molar-refractivity contribution in [2.45, 2.75) is 17.1 Å². The van der Waals surface area contributed by atoms with Crippen LogP contribution in [0, 0.1) is 6.92 Å². The van der Waals surface area contributed by atoms with Gasteiger partial charge in [-0.05, 0) is 24.8 Å². The molecule has 0 radical (unpaired) electrons. The zero-order valence-corrected chi connectivity index (χ0v) is 9.69. The van der Waals surface area contributed by atoms with Crippen LogP contribution in [0.15, 0.2) is 22.6 Å². The predicted molar refractivity (Wildman–Crippen MR) is 59.7 cm³/mol. The SMILES string of the molecule is Cc1cc(Sc2nncn2C)nc(NN)n1. The van der Waals surface area contributed by atoms with E-state index >= 15 is 0 Å². The molecule has 0 aromatic carbocycles. The first-order valence-electron chi connectivity index (χ1n) is 4.53. The van der Waals surface area contributed by atoms with Crippen LogP contribution in [0.3, 0.4) is 0 Å². The Morgan fingerprint density at radius 2 is 2.25 bits per heavy atom. The van der Waals surface area contributed by atoms with Crippen molar-refractivity contribution in [3.05, 3.63) is 18.1 Å². The molecule has 7 nitrogen and oxygen atoms in total. The Morgan fingerprint density at radius 1 is 1.44 bits per heavy atom. The fourth-order valence-electron chi connectivity index (χ4n) is 1.12. The van der Waals surface area contributed by atoms with Crippen molar-refractivity contribution in [3.63, 3.8) is 0 Å². The van der Waals surface area contributed by atoms with Gasteiger partial charge in [0.2, 0.25) is 5.95 Å². The molecule has 0 amide bonds. The smallest absolute Gasteiger partial charge is 0.238 e. The largest absolute Gasteiger partial charge is 0.311 e. The van der Waals surface area contributed by atoms with E-state index in [1.165, 1.54) is 11.8 Å². The van der Waals surface area contributed by atoms with Gasteiger partial charge in [-0.15, -0.1) is 10.2 Å². The maximum Gasteiger partial charge on any atom is 0.238 e. The number of nitrogens with one attached hydrogen (secondary N) is 1. The van der Waals surface area contributed by atoms with Gasteiger partial charge in [-0.2, -0.15) is 0 Å². The number of aromatic nitrogens is 5. The Bertz CT molecular complexity index is 495. The van der Waals surface area contributed by atoms with E-state index in [0.717, 1.165) is 15.9 Å². The van der Waals surface area contributed by atoms with Crippen molar-refractivity contribution in [2.24, 2.45) is 12.9 Å². The summed E-state index contributed by atoms with van der Waals surface area (Å²) in [5, 5.41) is 9.29. The summed E-state index contributed by atoms with van der Waals surface area (Å²) in [5.74, 6) is 5.67. The summed E-state index contributed by atoms with van der Waals surface area (Å²) in [4.78, 5) is 8.30. The van der Waals surface area contributed by atoms with Gasteiger partial charge in [0, 0.05) is 12.7 Å². The highest BCUT2D eigenvalue weighted by Crippen LogP contribution is 2.24. The van der Waals surface area contributed by atoms with Gasteiger partial charge in [0.25, 0.3) is 0 Å². The minimum atomic E-state index is 0.393. The van der Waals surface area contributed by atoms with E-state index in [1.54, 1.807) is 6.33 Å². The molecular weight excluding hydrogens is 226 g/mol. The molecule has 2 aromatic heterocycles. The predicted octanol–water partition coefficient (Wildman–Crippen LogP) is 0.350. The number of anilines is 1. The highest BCUT2D eigenvalue weighted by atomic mass is 32.2. The van der Waals surface area contributed by atoms with Gasteiger partial charge in [0.05, 0.1) is 0 Å². The summed E-state index contributed by atoms with van der Waals surface area (Å²) < 4.78 is 1.82. The maximum atomic E-state index is 5.27. The summed E-state index contributed by atoms with van der Waals surface area (Å²) in [5.41, 5.74) is 3.26. The zero-order valence-electron chi connectivity index (χ0n) is 8.88. The van der Waals surface area contributed by atoms with E-state index in [9.17, 15) is 0 Å². The summed E-state index contributed by atoms with van der Waals surface area (Å²) in [7, 11) is 1.87. The van der Waals surface area contributed by atoms with Crippen molar-refractivity contribution in [3.8, 4) is 0 Å². The van der Waals surface area contributed by atoms with Crippen molar-refractivity contribution in [2.75, 3.05) is 5.43 Å². The van der Waals surface area contributed by atoms with Gasteiger partial charge in [0.15, 0.2) is 5.16 Å². The number of nitrogens with two attached hydrogens (primary N) is 1. The second-order valence-electron chi connectivity index (χ2n) is 3.14. The van der Waals surface area contributed by atoms with Gasteiger partial charge < -0.3 is 4.57 Å². The lowest BCUT2D eigenvalue weighted by atomic mass is 10.5. The molecule has 16 heavy (non-hydrogen) atoms. The van der Waals surface area contributed by atoms with Gasteiger partial charge in [-0.25, -0.2) is 15.8 Å². The van der Waals surface area contributed by atoms with E-state index in [0.29, 0.717) is 5.95 Å². The molecule has 84 valence electrons. The van der Waals surface area contributed by atoms with Crippen molar-refractivity contribution in [1.82, 2.24) is 24.7 Å². The number of nitrogen functional groups attached to an aromatic ring is 1. The lowest BCUT2D eigenvalue weighted by molar-refractivity contribution is 0.786. The normalized spacial score (nSPS) is 10.4. The highest BCUT2D eigenvalue weighted by molar-refractivity contribution is 7.99. The van der Waals surface area contributed by atoms with Crippen LogP contribution in [0.25, 0.3) is 0 Å². The number of hydrogen-bond donors (Lipinski definition) is 2. The molecule has 0 atom stereocenters. The van der Waals surface area contributed by atoms with Crippen LogP contribution in [-0.4, -0.2) is 24.7 Å². The van der Waals surface area contributed by atoms with Crippen LogP contribution in [0.1, 0.15) is 5.69 Å². The molecule has 2 rings (SSSR count). The van der Waals surface area contributed by atoms with Crippen molar-refractivity contribution >= 4 is 17.7 Å². The second-order valence-corrected chi connectivity index (χ2v) is 4.13. The minimum absolute atomic E-state index is 0.393. The lowest BCUT2D eigenvalue weighted by Crippen LogP contribution is -2.11. The third-order valence-electron chi connectivity index (χ3n) is 1.83. The third kappa shape index (κ3) is 2.28. The molecule has 0 unspecified atom stereocenters. The maximum absolute atomic E-state index is 5.27. The second kappa shape index (κ2) is 4.45. The molecule has 2 heterocycles. The molecule has 3 N–H and O–H groups in total. The van der Waals surface area contributed by atoms with Crippen molar-refractivity contribution < 1.29 is 0 Å². The molecular formula is C8H11N7S. The lowest BCUT2D eigenvalue weighted by Gasteiger charge is -2.03. The number of hydrazine groups is 1. The molecule has 0 bridgehead atoms. The fourth-order valence-corrected chi connectivity index (χ4v) is 1.94. The average molecular weight is 237 g/mol. The Morgan fingerprint density at radius 3 is 2.88 bits per heavy atom. The molecule has 0 fully saturated rings. The Balaban J connectivity index is 2.28. The Labute approximate surface area is 96.5 Å². The third-order valence-corrected chi connectivity index (χ3v) is 2.80. The van der Waals surface area contributed by atoms with E-state index in [1.807, 2.05) is 24.6 Å². The van der Waals surface area contributed by atoms with Gasteiger partial charge in [0.1, 0.15) is 11.4 Å². The van der Waals surface area contributed by atoms with E-state index in [2.05, 4.69) is 25.6 Å². The minimum Gasteiger partial charge on any atom is -0.311 e. The summed E-state index contributed by atoms with van der Waals surface area (Å²) >= 11 is 1.41. The summed E-state index contributed by atoms with van der Waals surface area (Å²) in [6, 6.07) is 1.86. The first-order chi connectivity index (χ1) is 7.69. The molecule has 0 aliphatic rings. The Kier molecular flexibility index (Phi) is 3.02. The molecule has 8 heteroatoms. The van der Waals surface area contributed by atoms with Crippen LogP contribution < -0.4 is 11.3 Å². The molecule has 0 saturated heterocycles. The number of nitrogens with zero attached hydrogens (tertiary/aromatic N) is 5. The molecule has 0 aliphatic heterocycles. The van der Waals surface area contributed by atoms with Crippen LogP contribution in [0.2, 0.25) is 0 Å². The standard InChI is InChI=1S/C8H11N7S/c1-5-3-6(12-7(11-5)13-9)16-8-14-10-4-15(8)2/h3-4H,9H2,1-2H3,(H,11,12,13).